The smallest absolute Gasteiger partial charge is 0.140 e. The largest absolute Gasteiger partial charge is 0.396 e. The summed E-state index contributed by atoms with van der Waals surface area (Å²) in [6.07, 6.45) is 10.1. The first-order valence-corrected chi connectivity index (χ1v) is 7.73. The fourth-order valence-electron chi connectivity index (χ4n) is 4.15. The molecule has 2 fully saturated rings. The predicted octanol–water partition coefficient (Wildman–Crippen LogP) is 2.01. The van der Waals surface area contributed by atoms with Crippen molar-refractivity contribution in [2.75, 3.05) is 24.6 Å². The van der Waals surface area contributed by atoms with Crippen LogP contribution in [-0.2, 0) is 0 Å². The number of hydrogen-bond acceptors (Lipinski definition) is 5. The Bertz CT molecular complexity index is 656. The van der Waals surface area contributed by atoms with Crippen LogP contribution in [0.4, 0.5) is 5.82 Å². The van der Waals surface area contributed by atoms with E-state index in [0.29, 0.717) is 12.5 Å². The van der Waals surface area contributed by atoms with Crippen molar-refractivity contribution in [1.82, 2.24) is 15.0 Å². The highest BCUT2D eigenvalue weighted by molar-refractivity contribution is 5.88. The predicted molar refractivity (Wildman–Crippen MR) is 81.0 cm³/mol. The van der Waals surface area contributed by atoms with Gasteiger partial charge in [-0.2, -0.15) is 0 Å². The molecule has 0 spiro atoms. The lowest BCUT2D eigenvalue weighted by Crippen LogP contribution is -2.37. The lowest BCUT2D eigenvalue weighted by Gasteiger charge is -2.36. The molecule has 3 heterocycles. The second-order valence-corrected chi connectivity index (χ2v) is 6.43. The first-order valence-electron chi connectivity index (χ1n) is 7.73. The van der Waals surface area contributed by atoms with Crippen LogP contribution in [0.1, 0.15) is 25.7 Å². The van der Waals surface area contributed by atoms with Gasteiger partial charge in [-0.05, 0) is 24.8 Å². The zero-order chi connectivity index (χ0) is 14.3. The van der Waals surface area contributed by atoms with Crippen molar-refractivity contribution in [2.45, 2.75) is 25.7 Å². The van der Waals surface area contributed by atoms with Crippen molar-refractivity contribution in [3.63, 3.8) is 0 Å². The summed E-state index contributed by atoms with van der Waals surface area (Å²) in [7, 11) is 0. The Kier molecular flexibility index (Phi) is 3.03. The van der Waals surface area contributed by atoms with E-state index in [2.05, 4.69) is 19.9 Å². The molecule has 4 rings (SSSR count). The van der Waals surface area contributed by atoms with Crippen molar-refractivity contribution in [1.29, 1.82) is 0 Å². The number of aliphatic hydroxyl groups is 1. The molecule has 5 heteroatoms. The van der Waals surface area contributed by atoms with Crippen molar-refractivity contribution in [3.8, 4) is 0 Å². The lowest BCUT2D eigenvalue weighted by atomic mass is 9.69. The summed E-state index contributed by atoms with van der Waals surface area (Å²) in [5.74, 6) is 1.58. The number of aromatic nitrogens is 3. The van der Waals surface area contributed by atoms with Crippen LogP contribution in [0.25, 0.3) is 10.9 Å². The van der Waals surface area contributed by atoms with E-state index in [-0.39, 0.29) is 5.41 Å². The average molecular weight is 284 g/mol. The molecular formula is C16H20N4O. The SMILES string of the molecule is OCC12CCCCC1CN(c1ncnc3cnccc13)C2. The van der Waals surface area contributed by atoms with Crippen LogP contribution in [0.3, 0.4) is 0 Å². The maximum absolute atomic E-state index is 9.96. The Morgan fingerprint density at radius 1 is 1.33 bits per heavy atom. The topological polar surface area (TPSA) is 62.1 Å². The monoisotopic (exact) mass is 284 g/mol. The van der Waals surface area contributed by atoms with E-state index in [1.165, 1.54) is 19.3 Å². The molecule has 2 aliphatic rings. The summed E-state index contributed by atoms with van der Waals surface area (Å²) in [6.45, 7) is 2.19. The van der Waals surface area contributed by atoms with Gasteiger partial charge in [0.25, 0.3) is 0 Å². The molecule has 0 radical (unpaired) electrons. The van der Waals surface area contributed by atoms with Gasteiger partial charge in [-0.15, -0.1) is 0 Å². The Morgan fingerprint density at radius 3 is 3.14 bits per heavy atom. The van der Waals surface area contributed by atoms with E-state index in [4.69, 9.17) is 0 Å². The van der Waals surface area contributed by atoms with Crippen molar-refractivity contribution in [3.05, 3.63) is 24.8 Å². The van der Waals surface area contributed by atoms with Crippen LogP contribution in [-0.4, -0.2) is 39.8 Å². The summed E-state index contributed by atoms with van der Waals surface area (Å²) < 4.78 is 0. The maximum atomic E-state index is 9.96. The highest BCUT2D eigenvalue weighted by Crippen LogP contribution is 2.47. The minimum absolute atomic E-state index is 0.0720. The first-order chi connectivity index (χ1) is 10.3. The normalized spacial score (nSPS) is 28.8. The van der Waals surface area contributed by atoms with E-state index >= 15 is 0 Å². The maximum Gasteiger partial charge on any atom is 0.140 e. The van der Waals surface area contributed by atoms with E-state index in [1.54, 1.807) is 18.7 Å². The molecule has 110 valence electrons. The van der Waals surface area contributed by atoms with Gasteiger partial charge in [0.1, 0.15) is 12.1 Å². The minimum atomic E-state index is 0.0720. The average Bonchev–Trinajstić information content (AvgIpc) is 2.94. The third kappa shape index (κ3) is 1.99. The Hall–Kier alpha value is -1.75. The molecule has 1 aliphatic carbocycles. The Labute approximate surface area is 124 Å². The zero-order valence-electron chi connectivity index (χ0n) is 12.1. The molecule has 0 amide bonds. The number of fused-ring (bicyclic) bond motifs is 2. The van der Waals surface area contributed by atoms with Crippen molar-refractivity contribution >= 4 is 16.7 Å². The molecule has 1 aliphatic heterocycles. The van der Waals surface area contributed by atoms with Crippen LogP contribution >= 0.6 is 0 Å². The molecule has 0 aromatic carbocycles. The van der Waals surface area contributed by atoms with Gasteiger partial charge < -0.3 is 10.0 Å². The molecular weight excluding hydrogens is 264 g/mol. The van der Waals surface area contributed by atoms with Gasteiger partial charge in [-0.3, -0.25) is 4.98 Å². The van der Waals surface area contributed by atoms with Crippen LogP contribution in [0.15, 0.2) is 24.8 Å². The standard InChI is InChI=1S/C16H20N4O/c21-10-16-5-2-1-3-12(16)8-20(9-16)15-13-4-6-17-7-14(13)18-11-19-15/h4,6-7,11-12,21H,1-3,5,8-10H2. The second-order valence-electron chi connectivity index (χ2n) is 6.43. The summed E-state index contributed by atoms with van der Waals surface area (Å²) >= 11 is 0. The number of rotatable bonds is 2. The number of aliphatic hydroxyl groups excluding tert-OH is 1. The summed E-state index contributed by atoms with van der Waals surface area (Å²) in [5.41, 5.74) is 0.957. The molecule has 1 N–H and O–H groups in total. The van der Waals surface area contributed by atoms with Crippen molar-refractivity contribution < 1.29 is 5.11 Å². The van der Waals surface area contributed by atoms with Gasteiger partial charge in [-0.1, -0.05) is 12.8 Å². The van der Waals surface area contributed by atoms with E-state index in [1.807, 2.05) is 6.07 Å². The first kappa shape index (κ1) is 13.0. The zero-order valence-corrected chi connectivity index (χ0v) is 12.1. The summed E-state index contributed by atoms with van der Waals surface area (Å²) in [5, 5.41) is 11.0. The molecule has 1 saturated carbocycles. The molecule has 5 nitrogen and oxygen atoms in total. The fraction of sp³-hybridized carbons (Fsp3) is 0.562. The second kappa shape index (κ2) is 4.91. The van der Waals surface area contributed by atoms with Gasteiger partial charge >= 0.3 is 0 Å². The quantitative estimate of drug-likeness (QED) is 0.914. The van der Waals surface area contributed by atoms with E-state index in [9.17, 15) is 5.11 Å². The highest BCUT2D eigenvalue weighted by atomic mass is 16.3. The Balaban J connectivity index is 1.74. The number of pyridine rings is 1. The van der Waals surface area contributed by atoms with Gasteiger partial charge in [0.2, 0.25) is 0 Å². The van der Waals surface area contributed by atoms with Crippen LogP contribution in [0.5, 0.6) is 0 Å². The van der Waals surface area contributed by atoms with E-state index < -0.39 is 0 Å². The van der Waals surface area contributed by atoms with Gasteiger partial charge in [-0.25, -0.2) is 9.97 Å². The number of hydrogen-bond donors (Lipinski definition) is 1. The summed E-state index contributed by atoms with van der Waals surface area (Å²) in [4.78, 5) is 15.3. The summed E-state index contributed by atoms with van der Waals surface area (Å²) in [6, 6.07) is 1.98. The molecule has 2 aromatic heterocycles. The van der Waals surface area contributed by atoms with E-state index in [0.717, 1.165) is 36.2 Å². The van der Waals surface area contributed by atoms with Gasteiger partial charge in [0.15, 0.2) is 0 Å². The molecule has 21 heavy (non-hydrogen) atoms. The number of anilines is 1. The third-order valence-electron chi connectivity index (χ3n) is 5.32. The highest BCUT2D eigenvalue weighted by Gasteiger charge is 2.47. The van der Waals surface area contributed by atoms with Gasteiger partial charge in [0, 0.05) is 30.1 Å². The molecule has 2 aromatic rings. The third-order valence-corrected chi connectivity index (χ3v) is 5.32. The lowest BCUT2D eigenvalue weighted by molar-refractivity contribution is 0.0627. The molecule has 2 unspecified atom stereocenters. The van der Waals surface area contributed by atoms with Crippen molar-refractivity contribution in [2.24, 2.45) is 11.3 Å². The fourth-order valence-corrected chi connectivity index (χ4v) is 4.15. The van der Waals surface area contributed by atoms with Crippen LogP contribution in [0, 0.1) is 11.3 Å². The van der Waals surface area contributed by atoms with Crippen LogP contribution < -0.4 is 4.90 Å². The van der Waals surface area contributed by atoms with Gasteiger partial charge in [0.05, 0.1) is 18.3 Å². The Morgan fingerprint density at radius 2 is 2.29 bits per heavy atom. The number of nitrogens with zero attached hydrogens (tertiary/aromatic N) is 4. The minimum Gasteiger partial charge on any atom is -0.396 e. The molecule has 0 bridgehead atoms. The van der Waals surface area contributed by atoms with Crippen LogP contribution in [0.2, 0.25) is 0 Å². The molecule has 1 saturated heterocycles. The molecule has 2 atom stereocenters.